The van der Waals surface area contributed by atoms with E-state index in [1.54, 1.807) is 6.07 Å². The van der Waals surface area contributed by atoms with Crippen molar-refractivity contribution in [1.29, 1.82) is 0 Å². The largest absolute Gasteiger partial charge is 0.352 e. The minimum atomic E-state index is -0.181. The van der Waals surface area contributed by atoms with Crippen molar-refractivity contribution < 1.29 is 4.79 Å². The Balaban J connectivity index is 1.55. The summed E-state index contributed by atoms with van der Waals surface area (Å²) in [5, 5.41) is 2.98. The van der Waals surface area contributed by atoms with E-state index in [0.717, 1.165) is 18.4 Å². The third-order valence-electron chi connectivity index (χ3n) is 4.46. The molecule has 2 fully saturated rings. The van der Waals surface area contributed by atoms with Gasteiger partial charge in [0, 0.05) is 18.8 Å². The molecule has 0 spiro atoms. The van der Waals surface area contributed by atoms with Crippen molar-refractivity contribution in [3.8, 4) is 0 Å². The van der Waals surface area contributed by atoms with Crippen LogP contribution in [0.2, 0.25) is 0 Å². The lowest BCUT2D eigenvalue weighted by atomic mass is 9.89. The monoisotopic (exact) mass is 246 g/mol. The first-order valence-electron chi connectivity index (χ1n) is 6.69. The molecular formula is C14H18N2O2. The maximum atomic E-state index is 11.9. The summed E-state index contributed by atoms with van der Waals surface area (Å²) in [6, 6.07) is 2.95. The SMILES string of the molecule is O=C(NCC1CC2CCC1C2)c1ccc(=O)[nH]c1. The summed E-state index contributed by atoms with van der Waals surface area (Å²) < 4.78 is 0. The van der Waals surface area contributed by atoms with Crippen LogP contribution in [0.15, 0.2) is 23.1 Å². The van der Waals surface area contributed by atoms with Crippen LogP contribution in [0.25, 0.3) is 0 Å². The van der Waals surface area contributed by atoms with Crippen LogP contribution in [0.5, 0.6) is 0 Å². The lowest BCUT2D eigenvalue weighted by molar-refractivity contribution is 0.0941. The maximum absolute atomic E-state index is 11.9. The van der Waals surface area contributed by atoms with Crippen LogP contribution in [0.3, 0.4) is 0 Å². The summed E-state index contributed by atoms with van der Waals surface area (Å²) in [6.07, 6.45) is 6.83. The predicted molar refractivity (Wildman–Crippen MR) is 68.3 cm³/mol. The average molecular weight is 246 g/mol. The maximum Gasteiger partial charge on any atom is 0.252 e. The van der Waals surface area contributed by atoms with E-state index < -0.39 is 0 Å². The number of aromatic nitrogens is 1. The Bertz CT molecular complexity index is 488. The second kappa shape index (κ2) is 4.59. The zero-order valence-corrected chi connectivity index (χ0v) is 10.3. The molecule has 0 radical (unpaired) electrons. The average Bonchev–Trinajstić information content (AvgIpc) is 2.99. The number of fused-ring (bicyclic) bond motifs is 2. The van der Waals surface area contributed by atoms with E-state index in [2.05, 4.69) is 10.3 Å². The molecule has 2 N–H and O–H groups in total. The molecule has 4 nitrogen and oxygen atoms in total. The number of aromatic amines is 1. The highest BCUT2D eigenvalue weighted by atomic mass is 16.1. The highest BCUT2D eigenvalue weighted by Crippen LogP contribution is 2.47. The number of carbonyl (C=O) groups excluding carboxylic acids is 1. The van der Waals surface area contributed by atoms with Gasteiger partial charge in [-0.05, 0) is 43.1 Å². The van der Waals surface area contributed by atoms with Gasteiger partial charge < -0.3 is 10.3 Å². The molecule has 2 aliphatic carbocycles. The van der Waals surface area contributed by atoms with Gasteiger partial charge in [0.2, 0.25) is 5.56 Å². The van der Waals surface area contributed by atoms with E-state index in [1.165, 1.54) is 37.9 Å². The molecule has 1 aromatic heterocycles. The molecule has 2 saturated carbocycles. The Morgan fingerprint density at radius 2 is 2.22 bits per heavy atom. The first kappa shape index (κ1) is 11.5. The molecule has 0 aromatic carbocycles. The van der Waals surface area contributed by atoms with Crippen LogP contribution < -0.4 is 10.9 Å². The number of pyridine rings is 1. The zero-order chi connectivity index (χ0) is 12.5. The van der Waals surface area contributed by atoms with Crippen molar-refractivity contribution in [3.05, 3.63) is 34.2 Å². The summed E-state index contributed by atoms with van der Waals surface area (Å²) >= 11 is 0. The number of amides is 1. The second-order valence-electron chi connectivity index (χ2n) is 5.59. The number of carbonyl (C=O) groups is 1. The van der Waals surface area contributed by atoms with E-state index in [-0.39, 0.29) is 11.5 Å². The van der Waals surface area contributed by atoms with Crippen LogP contribution in [0, 0.1) is 17.8 Å². The molecule has 1 aromatic rings. The summed E-state index contributed by atoms with van der Waals surface area (Å²) in [7, 11) is 0. The molecule has 1 amide bonds. The Labute approximate surface area is 106 Å². The number of H-pyrrole nitrogens is 1. The summed E-state index contributed by atoms with van der Waals surface area (Å²) in [6.45, 7) is 0.777. The van der Waals surface area contributed by atoms with Gasteiger partial charge in [-0.3, -0.25) is 9.59 Å². The Morgan fingerprint density at radius 1 is 1.33 bits per heavy atom. The van der Waals surface area contributed by atoms with E-state index >= 15 is 0 Å². The Morgan fingerprint density at radius 3 is 2.83 bits per heavy atom. The molecule has 2 bridgehead atoms. The fraction of sp³-hybridized carbons (Fsp3) is 0.571. The molecule has 96 valence electrons. The number of hydrogen-bond acceptors (Lipinski definition) is 2. The van der Waals surface area contributed by atoms with Crippen molar-refractivity contribution in [1.82, 2.24) is 10.3 Å². The molecule has 0 aliphatic heterocycles. The van der Waals surface area contributed by atoms with E-state index in [9.17, 15) is 9.59 Å². The highest BCUT2D eigenvalue weighted by Gasteiger charge is 2.39. The fourth-order valence-electron chi connectivity index (χ4n) is 3.50. The smallest absolute Gasteiger partial charge is 0.252 e. The summed E-state index contributed by atoms with van der Waals surface area (Å²) in [4.78, 5) is 25.3. The number of hydrogen-bond donors (Lipinski definition) is 2. The molecular weight excluding hydrogens is 228 g/mol. The predicted octanol–water partition coefficient (Wildman–Crippen LogP) is 1.54. The van der Waals surface area contributed by atoms with Gasteiger partial charge in [0.15, 0.2) is 0 Å². The molecule has 1 heterocycles. The molecule has 2 aliphatic rings. The van der Waals surface area contributed by atoms with Gasteiger partial charge in [0.1, 0.15) is 0 Å². The van der Waals surface area contributed by atoms with Crippen molar-refractivity contribution in [2.24, 2.45) is 17.8 Å². The quantitative estimate of drug-likeness (QED) is 0.849. The molecule has 3 atom stereocenters. The van der Waals surface area contributed by atoms with Gasteiger partial charge in [-0.25, -0.2) is 0 Å². The number of nitrogens with one attached hydrogen (secondary N) is 2. The van der Waals surface area contributed by atoms with E-state index in [4.69, 9.17) is 0 Å². The van der Waals surface area contributed by atoms with Crippen molar-refractivity contribution in [2.75, 3.05) is 6.54 Å². The van der Waals surface area contributed by atoms with Gasteiger partial charge in [0.05, 0.1) is 5.56 Å². The van der Waals surface area contributed by atoms with E-state index in [0.29, 0.717) is 11.5 Å². The van der Waals surface area contributed by atoms with Gasteiger partial charge in [-0.1, -0.05) is 6.42 Å². The third kappa shape index (κ3) is 2.19. The minimum Gasteiger partial charge on any atom is -0.352 e. The first-order chi connectivity index (χ1) is 8.72. The molecule has 0 saturated heterocycles. The second-order valence-corrected chi connectivity index (χ2v) is 5.59. The first-order valence-corrected chi connectivity index (χ1v) is 6.69. The topological polar surface area (TPSA) is 62.0 Å². The van der Waals surface area contributed by atoms with Crippen LogP contribution >= 0.6 is 0 Å². The number of rotatable bonds is 3. The standard InChI is InChI=1S/C14H18N2O2/c17-13-4-3-11(7-15-13)14(18)16-8-12-6-9-1-2-10(12)5-9/h3-4,7,9-10,12H,1-2,5-6,8H2,(H,15,17)(H,16,18). The van der Waals surface area contributed by atoms with Crippen LogP contribution in [-0.4, -0.2) is 17.4 Å². The fourth-order valence-corrected chi connectivity index (χ4v) is 3.50. The van der Waals surface area contributed by atoms with Crippen molar-refractivity contribution in [3.63, 3.8) is 0 Å². The highest BCUT2D eigenvalue weighted by molar-refractivity contribution is 5.93. The van der Waals surface area contributed by atoms with Crippen LogP contribution in [0.1, 0.15) is 36.0 Å². The normalized spacial score (nSPS) is 29.4. The lowest BCUT2D eigenvalue weighted by Gasteiger charge is -2.21. The summed E-state index contributed by atoms with van der Waals surface area (Å²) in [5.41, 5.74) is 0.345. The molecule has 3 unspecified atom stereocenters. The van der Waals surface area contributed by atoms with E-state index in [1.807, 2.05) is 0 Å². The van der Waals surface area contributed by atoms with Gasteiger partial charge in [0.25, 0.3) is 5.91 Å². The molecule has 4 heteroatoms. The van der Waals surface area contributed by atoms with Crippen LogP contribution in [-0.2, 0) is 0 Å². The molecule has 3 rings (SSSR count). The van der Waals surface area contributed by atoms with Crippen molar-refractivity contribution in [2.45, 2.75) is 25.7 Å². The third-order valence-corrected chi connectivity index (χ3v) is 4.46. The van der Waals surface area contributed by atoms with Gasteiger partial charge in [-0.2, -0.15) is 0 Å². The summed E-state index contributed by atoms with van der Waals surface area (Å²) in [5.74, 6) is 2.31. The lowest BCUT2D eigenvalue weighted by Crippen LogP contribution is -2.31. The van der Waals surface area contributed by atoms with Crippen LogP contribution in [0.4, 0.5) is 0 Å². The Kier molecular flexibility index (Phi) is 2.94. The van der Waals surface area contributed by atoms with Crippen molar-refractivity contribution >= 4 is 5.91 Å². The minimum absolute atomic E-state index is 0.0889. The van der Waals surface area contributed by atoms with Gasteiger partial charge in [-0.15, -0.1) is 0 Å². The Hall–Kier alpha value is -1.58. The van der Waals surface area contributed by atoms with Gasteiger partial charge >= 0.3 is 0 Å². The zero-order valence-electron chi connectivity index (χ0n) is 10.3. The molecule has 18 heavy (non-hydrogen) atoms.